The Morgan fingerprint density at radius 2 is 2.08 bits per heavy atom. The molecule has 0 fully saturated rings. The third-order valence-corrected chi connectivity index (χ3v) is 3.67. The molecule has 0 aliphatic heterocycles. The molecule has 134 valence electrons. The number of carbonyl (C=O) groups excluding carboxylic acids is 1. The van der Waals surface area contributed by atoms with Crippen LogP contribution in [0.4, 0.5) is 10.5 Å². The Hall–Kier alpha value is -2.60. The lowest BCUT2D eigenvalue weighted by molar-refractivity contribution is 0.188. The highest BCUT2D eigenvalue weighted by molar-refractivity contribution is 5.89. The number of aliphatic hydroxyl groups excluding tert-OH is 1. The molecule has 0 spiro atoms. The van der Waals surface area contributed by atoms with Gasteiger partial charge in [-0.3, -0.25) is 0 Å². The van der Waals surface area contributed by atoms with E-state index in [1.54, 1.807) is 23.2 Å². The van der Waals surface area contributed by atoms with Gasteiger partial charge in [-0.15, -0.1) is 0 Å². The van der Waals surface area contributed by atoms with Crippen LogP contribution in [-0.4, -0.2) is 40.7 Å². The van der Waals surface area contributed by atoms with Gasteiger partial charge in [-0.25, -0.2) is 9.78 Å². The van der Waals surface area contributed by atoms with Crippen molar-refractivity contribution >= 4 is 11.7 Å². The fraction of sp³-hybridized carbons (Fsp3) is 0.368. The van der Waals surface area contributed by atoms with Crippen molar-refractivity contribution in [2.24, 2.45) is 0 Å². The summed E-state index contributed by atoms with van der Waals surface area (Å²) in [4.78, 5) is 18.0. The molecule has 25 heavy (non-hydrogen) atoms. The number of anilines is 1. The van der Waals surface area contributed by atoms with Crippen LogP contribution in [0.25, 0.3) is 0 Å². The van der Waals surface area contributed by atoms with Gasteiger partial charge in [0, 0.05) is 19.2 Å². The summed E-state index contributed by atoms with van der Waals surface area (Å²) in [5.41, 5.74) is 1.78. The summed E-state index contributed by atoms with van der Waals surface area (Å²) in [6.45, 7) is 4.92. The minimum atomic E-state index is -0.248. The molecule has 0 unspecified atom stereocenters. The fourth-order valence-corrected chi connectivity index (χ4v) is 2.37. The SMILES string of the molecule is CCCN(CCO)C(=O)Nc1ccc(Oc2cccc(CC)c2)nc1. The number of benzene rings is 1. The Morgan fingerprint density at radius 3 is 2.72 bits per heavy atom. The zero-order chi connectivity index (χ0) is 18.1. The molecular weight excluding hydrogens is 318 g/mol. The molecule has 0 saturated heterocycles. The normalized spacial score (nSPS) is 10.4. The van der Waals surface area contributed by atoms with Crippen LogP contribution in [0.3, 0.4) is 0 Å². The van der Waals surface area contributed by atoms with Gasteiger partial charge in [-0.2, -0.15) is 0 Å². The highest BCUT2D eigenvalue weighted by Crippen LogP contribution is 2.21. The maximum atomic E-state index is 12.2. The van der Waals surface area contributed by atoms with E-state index in [2.05, 4.69) is 17.2 Å². The van der Waals surface area contributed by atoms with Crippen LogP contribution in [0, 0.1) is 0 Å². The third-order valence-electron chi connectivity index (χ3n) is 3.67. The van der Waals surface area contributed by atoms with Gasteiger partial charge in [0.15, 0.2) is 0 Å². The lowest BCUT2D eigenvalue weighted by Gasteiger charge is -2.21. The number of nitrogens with zero attached hydrogens (tertiary/aromatic N) is 2. The Balaban J connectivity index is 1.98. The quantitative estimate of drug-likeness (QED) is 0.767. The molecule has 0 radical (unpaired) electrons. The van der Waals surface area contributed by atoms with Gasteiger partial charge in [0.2, 0.25) is 5.88 Å². The topological polar surface area (TPSA) is 74.7 Å². The number of hydrogen-bond acceptors (Lipinski definition) is 4. The van der Waals surface area contributed by atoms with Crippen molar-refractivity contribution in [2.75, 3.05) is 25.0 Å². The molecule has 2 amide bonds. The first kappa shape index (κ1) is 18.7. The number of amides is 2. The van der Waals surface area contributed by atoms with Crippen LogP contribution in [0.2, 0.25) is 0 Å². The minimum absolute atomic E-state index is 0.0602. The van der Waals surface area contributed by atoms with Crippen molar-refractivity contribution in [1.29, 1.82) is 0 Å². The van der Waals surface area contributed by atoms with E-state index < -0.39 is 0 Å². The molecule has 1 aromatic carbocycles. The molecule has 2 N–H and O–H groups in total. The number of aliphatic hydroxyl groups is 1. The highest BCUT2D eigenvalue weighted by Gasteiger charge is 2.12. The van der Waals surface area contributed by atoms with Gasteiger partial charge in [-0.05, 0) is 36.6 Å². The average molecular weight is 343 g/mol. The van der Waals surface area contributed by atoms with Crippen LogP contribution >= 0.6 is 0 Å². The minimum Gasteiger partial charge on any atom is -0.439 e. The van der Waals surface area contributed by atoms with Crippen LogP contribution in [-0.2, 0) is 6.42 Å². The number of urea groups is 1. The second kappa shape index (κ2) is 9.64. The largest absolute Gasteiger partial charge is 0.439 e. The van der Waals surface area contributed by atoms with Crippen LogP contribution in [0.15, 0.2) is 42.6 Å². The van der Waals surface area contributed by atoms with E-state index in [0.717, 1.165) is 18.6 Å². The van der Waals surface area contributed by atoms with Crippen molar-refractivity contribution in [2.45, 2.75) is 26.7 Å². The van der Waals surface area contributed by atoms with Gasteiger partial charge < -0.3 is 20.1 Å². The number of ether oxygens (including phenoxy) is 1. The molecular formula is C19H25N3O3. The fourth-order valence-electron chi connectivity index (χ4n) is 2.37. The van der Waals surface area contributed by atoms with Crippen LogP contribution in [0.5, 0.6) is 11.6 Å². The number of carbonyl (C=O) groups is 1. The average Bonchev–Trinajstić information content (AvgIpc) is 2.63. The van der Waals surface area contributed by atoms with E-state index in [4.69, 9.17) is 9.84 Å². The number of rotatable bonds is 8. The Labute approximate surface area is 148 Å². The van der Waals surface area contributed by atoms with Crippen LogP contribution in [0.1, 0.15) is 25.8 Å². The summed E-state index contributed by atoms with van der Waals surface area (Å²) in [6, 6.07) is 11.1. The van der Waals surface area contributed by atoms with Crippen molar-refractivity contribution in [3.63, 3.8) is 0 Å². The molecule has 0 aliphatic carbocycles. The maximum Gasteiger partial charge on any atom is 0.321 e. The van der Waals surface area contributed by atoms with Crippen molar-refractivity contribution in [3.05, 3.63) is 48.2 Å². The molecule has 6 heteroatoms. The van der Waals surface area contributed by atoms with Crippen LogP contribution < -0.4 is 10.1 Å². The van der Waals surface area contributed by atoms with Crippen molar-refractivity contribution in [3.8, 4) is 11.6 Å². The number of aryl methyl sites for hydroxylation is 1. The molecule has 2 rings (SSSR count). The number of pyridine rings is 1. The maximum absolute atomic E-state index is 12.2. The van der Waals surface area contributed by atoms with E-state index in [0.29, 0.717) is 24.7 Å². The first-order valence-electron chi connectivity index (χ1n) is 8.55. The van der Waals surface area contributed by atoms with Gasteiger partial charge >= 0.3 is 6.03 Å². The zero-order valence-corrected chi connectivity index (χ0v) is 14.7. The molecule has 6 nitrogen and oxygen atoms in total. The first-order valence-corrected chi connectivity index (χ1v) is 8.55. The summed E-state index contributed by atoms with van der Waals surface area (Å²) in [6.07, 6.45) is 3.33. The van der Waals surface area contributed by atoms with Gasteiger partial charge in [0.25, 0.3) is 0 Å². The summed E-state index contributed by atoms with van der Waals surface area (Å²) < 4.78 is 5.74. The Bertz CT molecular complexity index is 668. The molecule has 1 heterocycles. The Morgan fingerprint density at radius 1 is 1.24 bits per heavy atom. The molecule has 0 saturated carbocycles. The number of hydrogen-bond donors (Lipinski definition) is 2. The molecule has 0 atom stereocenters. The standard InChI is InChI=1S/C19H25N3O3/c1-3-10-22(11-12-23)19(24)21-16-8-9-18(20-14-16)25-17-7-5-6-15(4-2)13-17/h5-9,13-14,23H,3-4,10-12H2,1-2H3,(H,21,24). The van der Waals surface area contributed by atoms with E-state index in [1.165, 1.54) is 5.56 Å². The number of aromatic nitrogens is 1. The highest BCUT2D eigenvalue weighted by atomic mass is 16.5. The second-order valence-corrected chi connectivity index (χ2v) is 5.63. The zero-order valence-electron chi connectivity index (χ0n) is 14.7. The van der Waals surface area contributed by atoms with Gasteiger partial charge in [0.1, 0.15) is 5.75 Å². The second-order valence-electron chi connectivity index (χ2n) is 5.63. The van der Waals surface area contributed by atoms with E-state index in [9.17, 15) is 4.79 Å². The predicted octanol–water partition coefficient (Wildman–Crippen LogP) is 3.67. The third kappa shape index (κ3) is 5.76. The lowest BCUT2D eigenvalue weighted by atomic mass is 10.2. The number of nitrogens with one attached hydrogen (secondary N) is 1. The van der Waals surface area contributed by atoms with E-state index in [-0.39, 0.29) is 12.6 Å². The first-order chi connectivity index (χ1) is 12.2. The summed E-state index contributed by atoms with van der Waals surface area (Å²) in [5.74, 6) is 1.20. The molecule has 2 aromatic rings. The van der Waals surface area contributed by atoms with E-state index >= 15 is 0 Å². The lowest BCUT2D eigenvalue weighted by Crippen LogP contribution is -2.37. The van der Waals surface area contributed by atoms with Crippen molar-refractivity contribution < 1.29 is 14.6 Å². The molecule has 0 bridgehead atoms. The van der Waals surface area contributed by atoms with Gasteiger partial charge in [-0.1, -0.05) is 26.0 Å². The summed E-state index contributed by atoms with van der Waals surface area (Å²) in [5, 5.41) is 11.8. The monoisotopic (exact) mass is 343 g/mol. The molecule has 0 aliphatic rings. The van der Waals surface area contributed by atoms with E-state index in [1.807, 2.05) is 31.2 Å². The summed E-state index contributed by atoms with van der Waals surface area (Å²) >= 11 is 0. The van der Waals surface area contributed by atoms with Gasteiger partial charge in [0.05, 0.1) is 18.5 Å². The molecule has 1 aromatic heterocycles. The van der Waals surface area contributed by atoms with Crippen molar-refractivity contribution in [1.82, 2.24) is 9.88 Å². The predicted molar refractivity (Wildman–Crippen MR) is 98.1 cm³/mol. The smallest absolute Gasteiger partial charge is 0.321 e. The summed E-state index contributed by atoms with van der Waals surface area (Å²) in [7, 11) is 0. The Kier molecular flexibility index (Phi) is 7.22.